The molecule has 0 amide bonds. The Hall–Kier alpha value is -0.740. The Bertz CT molecular complexity index is 381. The molecule has 4 heteroatoms. The van der Waals surface area contributed by atoms with Gasteiger partial charge in [-0.1, -0.05) is 22.9 Å². The highest BCUT2D eigenvalue weighted by molar-refractivity contribution is 9.10. The molecule has 1 rings (SSSR count). The first-order chi connectivity index (χ1) is 7.54. The fourth-order valence-corrected chi connectivity index (χ4v) is 1.58. The van der Waals surface area contributed by atoms with Crippen molar-refractivity contribution in [3.8, 4) is 0 Å². The highest BCUT2D eigenvalue weighted by atomic mass is 79.9. The lowest BCUT2D eigenvalue weighted by molar-refractivity contribution is 0.0983. The van der Waals surface area contributed by atoms with Crippen molar-refractivity contribution in [2.75, 3.05) is 6.54 Å². The van der Waals surface area contributed by atoms with Crippen molar-refractivity contribution in [1.29, 1.82) is 0 Å². The lowest BCUT2D eigenvalue weighted by atomic mass is 10.1. The molecule has 1 aromatic rings. The second kappa shape index (κ2) is 6.11. The van der Waals surface area contributed by atoms with Crippen LogP contribution in [0.2, 0.25) is 0 Å². The van der Waals surface area contributed by atoms with Crippen LogP contribution in [0.3, 0.4) is 0 Å². The molecule has 0 saturated carbocycles. The highest BCUT2D eigenvalue weighted by Crippen LogP contribution is 2.15. The number of rotatable bonds is 5. The van der Waals surface area contributed by atoms with Gasteiger partial charge in [0.1, 0.15) is 5.82 Å². The average Bonchev–Trinajstić information content (AvgIpc) is 2.28. The van der Waals surface area contributed by atoms with Gasteiger partial charge in [0.15, 0.2) is 5.78 Å². The monoisotopic (exact) mass is 287 g/mol. The molecule has 2 nitrogen and oxygen atoms in total. The number of hydrogen-bond donors (Lipinski definition) is 1. The Kier molecular flexibility index (Phi) is 5.09. The van der Waals surface area contributed by atoms with Crippen LogP contribution < -0.4 is 5.32 Å². The maximum absolute atomic E-state index is 13.4. The number of halogens is 2. The molecule has 1 unspecified atom stereocenters. The summed E-state index contributed by atoms with van der Waals surface area (Å²) in [6, 6.07) is 4.64. The summed E-state index contributed by atoms with van der Waals surface area (Å²) < 4.78 is 14.1. The second-order valence-electron chi connectivity index (χ2n) is 3.74. The predicted octanol–water partition coefficient (Wildman–Crippen LogP) is 3.16. The molecule has 0 saturated heterocycles. The zero-order valence-corrected chi connectivity index (χ0v) is 11.0. The second-order valence-corrected chi connectivity index (χ2v) is 4.65. The third-order valence-corrected chi connectivity index (χ3v) is 2.95. The molecule has 0 aromatic heterocycles. The van der Waals surface area contributed by atoms with E-state index < -0.39 is 5.82 Å². The van der Waals surface area contributed by atoms with E-state index in [2.05, 4.69) is 21.2 Å². The molecule has 88 valence electrons. The van der Waals surface area contributed by atoms with E-state index >= 15 is 0 Å². The molecule has 16 heavy (non-hydrogen) atoms. The minimum atomic E-state index is -0.473. The molecule has 0 aliphatic carbocycles. The van der Waals surface area contributed by atoms with Gasteiger partial charge in [0, 0.05) is 10.5 Å². The zero-order chi connectivity index (χ0) is 12.1. The van der Waals surface area contributed by atoms with Gasteiger partial charge in [-0.25, -0.2) is 4.39 Å². The first-order valence-corrected chi connectivity index (χ1v) is 6.05. The summed E-state index contributed by atoms with van der Waals surface area (Å²) in [5.41, 5.74) is 0.130. The van der Waals surface area contributed by atoms with Crippen LogP contribution in [0, 0.1) is 5.82 Å². The van der Waals surface area contributed by atoms with Crippen molar-refractivity contribution >= 4 is 21.7 Å². The summed E-state index contributed by atoms with van der Waals surface area (Å²) >= 11 is 3.22. The number of nitrogens with one attached hydrogen (secondary N) is 1. The SMILES string of the molecule is CCC(C)NCC(=O)c1cc(Br)ccc1F. The van der Waals surface area contributed by atoms with E-state index in [0.717, 1.165) is 6.42 Å². The molecular formula is C12H15BrFNO. The van der Waals surface area contributed by atoms with Crippen molar-refractivity contribution in [2.24, 2.45) is 0 Å². The van der Waals surface area contributed by atoms with E-state index in [-0.39, 0.29) is 23.9 Å². The molecule has 0 spiro atoms. The molecule has 0 aliphatic rings. The smallest absolute Gasteiger partial charge is 0.179 e. The van der Waals surface area contributed by atoms with E-state index in [1.807, 2.05) is 13.8 Å². The van der Waals surface area contributed by atoms with Gasteiger partial charge in [0.25, 0.3) is 0 Å². The predicted molar refractivity (Wildman–Crippen MR) is 66.2 cm³/mol. The summed E-state index contributed by atoms with van der Waals surface area (Å²) in [7, 11) is 0. The van der Waals surface area contributed by atoms with Crippen LogP contribution in [0.4, 0.5) is 4.39 Å². The molecule has 0 aliphatic heterocycles. The summed E-state index contributed by atoms with van der Waals surface area (Å²) in [6.07, 6.45) is 0.939. The number of carbonyl (C=O) groups excluding carboxylic acids is 1. The van der Waals surface area contributed by atoms with Crippen molar-refractivity contribution in [3.05, 3.63) is 34.1 Å². The molecule has 1 N–H and O–H groups in total. The first-order valence-electron chi connectivity index (χ1n) is 5.26. The van der Waals surface area contributed by atoms with Gasteiger partial charge < -0.3 is 5.32 Å². The van der Waals surface area contributed by atoms with Gasteiger partial charge in [-0.15, -0.1) is 0 Å². The van der Waals surface area contributed by atoms with Gasteiger partial charge in [-0.2, -0.15) is 0 Å². The topological polar surface area (TPSA) is 29.1 Å². The van der Waals surface area contributed by atoms with Crippen LogP contribution >= 0.6 is 15.9 Å². The number of hydrogen-bond acceptors (Lipinski definition) is 2. The summed E-state index contributed by atoms with van der Waals surface area (Å²) in [5, 5.41) is 3.05. The van der Waals surface area contributed by atoms with Crippen LogP contribution in [0.25, 0.3) is 0 Å². The summed E-state index contributed by atoms with van der Waals surface area (Å²) in [6.45, 7) is 4.19. The Labute approximate surface area is 103 Å². The molecule has 0 fully saturated rings. The average molecular weight is 288 g/mol. The maximum atomic E-state index is 13.4. The van der Waals surface area contributed by atoms with Crippen molar-refractivity contribution in [1.82, 2.24) is 5.32 Å². The standard InChI is InChI=1S/C12H15BrFNO/c1-3-8(2)15-7-12(16)10-6-9(13)4-5-11(10)14/h4-6,8,15H,3,7H2,1-2H3. The minimum absolute atomic E-state index is 0.130. The normalized spacial score (nSPS) is 12.5. The van der Waals surface area contributed by atoms with Crippen LogP contribution in [-0.4, -0.2) is 18.4 Å². The summed E-state index contributed by atoms with van der Waals surface area (Å²) in [4.78, 5) is 11.7. The zero-order valence-electron chi connectivity index (χ0n) is 9.39. The largest absolute Gasteiger partial charge is 0.307 e. The third kappa shape index (κ3) is 3.68. The van der Waals surface area contributed by atoms with Crippen molar-refractivity contribution in [3.63, 3.8) is 0 Å². The van der Waals surface area contributed by atoms with Gasteiger partial charge in [0.05, 0.1) is 12.1 Å². The van der Waals surface area contributed by atoms with E-state index in [9.17, 15) is 9.18 Å². The van der Waals surface area contributed by atoms with Crippen LogP contribution in [0.5, 0.6) is 0 Å². The van der Waals surface area contributed by atoms with Gasteiger partial charge in [-0.05, 0) is 31.5 Å². The fourth-order valence-electron chi connectivity index (χ4n) is 1.22. The first kappa shape index (κ1) is 13.3. The Morgan fingerprint density at radius 3 is 2.88 bits per heavy atom. The lowest BCUT2D eigenvalue weighted by Gasteiger charge is -2.10. The molecule has 0 heterocycles. The van der Waals surface area contributed by atoms with Gasteiger partial charge in [0.2, 0.25) is 0 Å². The fraction of sp³-hybridized carbons (Fsp3) is 0.417. The lowest BCUT2D eigenvalue weighted by Crippen LogP contribution is -2.31. The van der Waals surface area contributed by atoms with Gasteiger partial charge >= 0.3 is 0 Å². The maximum Gasteiger partial charge on any atom is 0.179 e. The third-order valence-electron chi connectivity index (χ3n) is 2.45. The number of carbonyl (C=O) groups is 1. The highest BCUT2D eigenvalue weighted by Gasteiger charge is 2.12. The van der Waals surface area contributed by atoms with E-state index in [1.54, 1.807) is 6.07 Å². The molecule has 0 radical (unpaired) electrons. The van der Waals surface area contributed by atoms with Crippen LogP contribution in [-0.2, 0) is 0 Å². The Morgan fingerprint density at radius 2 is 2.25 bits per heavy atom. The van der Waals surface area contributed by atoms with Crippen LogP contribution in [0.15, 0.2) is 22.7 Å². The number of Topliss-reactive ketones (excluding diaryl/α,β-unsaturated/α-hetero) is 1. The van der Waals surface area contributed by atoms with E-state index in [4.69, 9.17) is 0 Å². The molecule has 1 atom stereocenters. The Morgan fingerprint density at radius 1 is 1.56 bits per heavy atom. The minimum Gasteiger partial charge on any atom is -0.307 e. The Balaban J connectivity index is 2.69. The summed E-state index contributed by atoms with van der Waals surface area (Å²) in [5.74, 6) is -0.696. The number of ketones is 1. The van der Waals surface area contributed by atoms with Crippen molar-refractivity contribution < 1.29 is 9.18 Å². The quantitative estimate of drug-likeness (QED) is 0.843. The van der Waals surface area contributed by atoms with Gasteiger partial charge in [-0.3, -0.25) is 4.79 Å². The van der Waals surface area contributed by atoms with E-state index in [0.29, 0.717) is 4.47 Å². The van der Waals surface area contributed by atoms with E-state index in [1.165, 1.54) is 12.1 Å². The van der Waals surface area contributed by atoms with Crippen molar-refractivity contribution in [2.45, 2.75) is 26.3 Å². The van der Waals surface area contributed by atoms with Crippen LogP contribution in [0.1, 0.15) is 30.6 Å². The molecule has 1 aromatic carbocycles. The molecule has 0 bridgehead atoms. The number of benzene rings is 1. The molecular weight excluding hydrogens is 273 g/mol.